The van der Waals surface area contributed by atoms with Crippen molar-refractivity contribution in [3.05, 3.63) is 18.0 Å². The van der Waals surface area contributed by atoms with Crippen molar-refractivity contribution in [1.82, 2.24) is 20.0 Å². The van der Waals surface area contributed by atoms with Crippen LogP contribution in [0.3, 0.4) is 0 Å². The Kier molecular flexibility index (Phi) is 4.86. The monoisotopic (exact) mass is 336 g/mol. The molecular formula is C16H24N4O4. The van der Waals surface area contributed by atoms with E-state index in [4.69, 9.17) is 9.47 Å². The van der Waals surface area contributed by atoms with Crippen LogP contribution in [-0.4, -0.2) is 73.6 Å². The highest BCUT2D eigenvalue weighted by Gasteiger charge is 2.54. The SMILES string of the molecule is CNC(=O)[C@]12CCOC[C@H]1CN(C(=O)c1ccn(CCOC)n1)C2. The molecule has 2 aliphatic rings. The van der Waals surface area contributed by atoms with Crippen LogP contribution in [0.1, 0.15) is 16.9 Å². The molecule has 1 aromatic heterocycles. The third-order valence-corrected chi connectivity index (χ3v) is 5.06. The summed E-state index contributed by atoms with van der Waals surface area (Å²) < 4.78 is 12.2. The zero-order valence-corrected chi connectivity index (χ0v) is 14.2. The predicted octanol–water partition coefficient (Wildman–Crippen LogP) is -0.246. The van der Waals surface area contributed by atoms with E-state index in [9.17, 15) is 9.59 Å². The summed E-state index contributed by atoms with van der Waals surface area (Å²) in [5.41, 5.74) is -0.140. The van der Waals surface area contributed by atoms with Crippen molar-refractivity contribution in [2.24, 2.45) is 11.3 Å². The Labute approximate surface area is 141 Å². The van der Waals surface area contributed by atoms with Gasteiger partial charge in [0.1, 0.15) is 5.69 Å². The Hall–Kier alpha value is -1.93. The van der Waals surface area contributed by atoms with Crippen molar-refractivity contribution in [2.45, 2.75) is 13.0 Å². The molecule has 1 aromatic rings. The molecule has 0 aliphatic carbocycles. The van der Waals surface area contributed by atoms with E-state index in [-0.39, 0.29) is 17.7 Å². The maximum atomic E-state index is 12.8. The molecule has 0 spiro atoms. The average Bonchev–Trinajstić information content (AvgIpc) is 3.23. The van der Waals surface area contributed by atoms with Gasteiger partial charge in [-0.15, -0.1) is 0 Å². The van der Waals surface area contributed by atoms with Gasteiger partial charge in [-0.25, -0.2) is 0 Å². The third-order valence-electron chi connectivity index (χ3n) is 5.06. The summed E-state index contributed by atoms with van der Waals surface area (Å²) in [7, 11) is 3.27. The summed E-state index contributed by atoms with van der Waals surface area (Å²) in [4.78, 5) is 27.0. The van der Waals surface area contributed by atoms with Gasteiger partial charge in [-0.2, -0.15) is 5.10 Å². The average molecular weight is 336 g/mol. The van der Waals surface area contributed by atoms with Crippen LogP contribution in [0.25, 0.3) is 0 Å². The highest BCUT2D eigenvalue weighted by molar-refractivity contribution is 5.94. The lowest BCUT2D eigenvalue weighted by Crippen LogP contribution is -2.49. The van der Waals surface area contributed by atoms with E-state index in [1.807, 2.05) is 0 Å². The molecule has 2 amide bonds. The maximum absolute atomic E-state index is 12.8. The number of carbonyl (C=O) groups excluding carboxylic acids is 2. The number of ether oxygens (including phenoxy) is 2. The lowest BCUT2D eigenvalue weighted by molar-refractivity contribution is -0.138. The zero-order chi connectivity index (χ0) is 17.2. The second-order valence-electron chi connectivity index (χ2n) is 6.40. The van der Waals surface area contributed by atoms with Crippen molar-refractivity contribution in [3.8, 4) is 0 Å². The highest BCUT2D eigenvalue weighted by atomic mass is 16.5. The fourth-order valence-corrected chi connectivity index (χ4v) is 3.67. The van der Waals surface area contributed by atoms with E-state index >= 15 is 0 Å². The fourth-order valence-electron chi connectivity index (χ4n) is 3.67. The second-order valence-corrected chi connectivity index (χ2v) is 6.40. The fraction of sp³-hybridized carbons (Fsp3) is 0.688. The van der Waals surface area contributed by atoms with Crippen LogP contribution in [0.15, 0.2) is 12.3 Å². The summed E-state index contributed by atoms with van der Waals surface area (Å²) in [6.07, 6.45) is 2.41. The van der Waals surface area contributed by atoms with Gasteiger partial charge in [0.05, 0.1) is 25.2 Å². The summed E-state index contributed by atoms with van der Waals surface area (Å²) >= 11 is 0. The van der Waals surface area contributed by atoms with Crippen molar-refractivity contribution >= 4 is 11.8 Å². The molecular weight excluding hydrogens is 312 g/mol. The number of fused-ring (bicyclic) bond motifs is 1. The Balaban J connectivity index is 1.74. The lowest BCUT2D eigenvalue weighted by Gasteiger charge is -2.36. The van der Waals surface area contributed by atoms with Gasteiger partial charge >= 0.3 is 0 Å². The van der Waals surface area contributed by atoms with E-state index in [0.29, 0.717) is 51.6 Å². The van der Waals surface area contributed by atoms with Crippen LogP contribution in [0.4, 0.5) is 0 Å². The number of rotatable bonds is 5. The van der Waals surface area contributed by atoms with E-state index in [1.165, 1.54) is 0 Å². The van der Waals surface area contributed by atoms with E-state index < -0.39 is 5.41 Å². The zero-order valence-electron chi connectivity index (χ0n) is 14.2. The number of aromatic nitrogens is 2. The molecule has 1 N–H and O–H groups in total. The van der Waals surface area contributed by atoms with Gasteiger partial charge in [0.2, 0.25) is 5.91 Å². The quantitative estimate of drug-likeness (QED) is 0.802. The first-order chi connectivity index (χ1) is 11.6. The summed E-state index contributed by atoms with van der Waals surface area (Å²) in [5, 5.41) is 7.07. The van der Waals surface area contributed by atoms with Crippen LogP contribution in [-0.2, 0) is 20.8 Å². The lowest BCUT2D eigenvalue weighted by atomic mass is 9.73. The van der Waals surface area contributed by atoms with Crippen molar-refractivity contribution < 1.29 is 19.1 Å². The number of hydrogen-bond donors (Lipinski definition) is 1. The van der Waals surface area contributed by atoms with Crippen LogP contribution < -0.4 is 5.32 Å². The molecule has 8 nitrogen and oxygen atoms in total. The first kappa shape index (κ1) is 16.9. The van der Waals surface area contributed by atoms with Crippen molar-refractivity contribution in [1.29, 1.82) is 0 Å². The summed E-state index contributed by atoms with van der Waals surface area (Å²) in [6.45, 7) is 3.15. The van der Waals surface area contributed by atoms with Gasteiger partial charge < -0.3 is 19.7 Å². The smallest absolute Gasteiger partial charge is 0.274 e. The van der Waals surface area contributed by atoms with Crippen LogP contribution >= 0.6 is 0 Å². The topological polar surface area (TPSA) is 85.7 Å². The van der Waals surface area contributed by atoms with Crippen LogP contribution in [0.2, 0.25) is 0 Å². The molecule has 3 heterocycles. The number of nitrogens with zero attached hydrogens (tertiary/aromatic N) is 3. The summed E-state index contributed by atoms with van der Waals surface area (Å²) in [5.74, 6) is -0.105. The molecule has 2 aliphatic heterocycles. The molecule has 3 rings (SSSR count). The Bertz CT molecular complexity index is 617. The molecule has 8 heteroatoms. The standard InChI is InChI=1S/C16H24N4O4/c1-17-15(22)16-4-7-24-10-12(16)9-19(11-16)14(21)13-3-5-20(18-13)6-8-23-2/h3,5,12H,4,6-11H2,1-2H3,(H,17,22)/t12-,16+/m1/s1. The summed E-state index contributed by atoms with van der Waals surface area (Å²) in [6, 6.07) is 1.71. The third kappa shape index (κ3) is 2.91. The molecule has 24 heavy (non-hydrogen) atoms. The number of likely N-dealkylation sites (tertiary alicyclic amines) is 1. The Morgan fingerprint density at radius 2 is 2.38 bits per heavy atom. The molecule has 0 radical (unpaired) electrons. The van der Waals surface area contributed by atoms with Gasteiger partial charge in [-0.3, -0.25) is 14.3 Å². The minimum Gasteiger partial charge on any atom is -0.383 e. The molecule has 132 valence electrons. The van der Waals surface area contributed by atoms with Gasteiger partial charge in [-0.1, -0.05) is 0 Å². The van der Waals surface area contributed by atoms with E-state index in [1.54, 1.807) is 36.0 Å². The minimum atomic E-state index is -0.540. The molecule has 0 saturated carbocycles. The molecule has 0 aromatic carbocycles. The maximum Gasteiger partial charge on any atom is 0.274 e. The first-order valence-corrected chi connectivity index (χ1v) is 8.22. The molecule has 2 saturated heterocycles. The van der Waals surface area contributed by atoms with Crippen LogP contribution in [0, 0.1) is 11.3 Å². The number of amides is 2. The van der Waals surface area contributed by atoms with Gasteiger partial charge in [-0.05, 0) is 12.5 Å². The minimum absolute atomic E-state index is 0.00303. The van der Waals surface area contributed by atoms with E-state index in [0.717, 1.165) is 0 Å². The number of carbonyl (C=O) groups is 2. The number of nitrogens with one attached hydrogen (secondary N) is 1. The van der Waals surface area contributed by atoms with Gasteiger partial charge in [0.15, 0.2) is 0 Å². The van der Waals surface area contributed by atoms with Crippen molar-refractivity contribution in [2.75, 3.05) is 47.1 Å². The second kappa shape index (κ2) is 6.90. The molecule has 2 fully saturated rings. The molecule has 2 atom stereocenters. The number of hydrogen-bond acceptors (Lipinski definition) is 5. The first-order valence-electron chi connectivity index (χ1n) is 8.22. The predicted molar refractivity (Wildman–Crippen MR) is 85.4 cm³/mol. The Morgan fingerprint density at radius 3 is 3.12 bits per heavy atom. The largest absolute Gasteiger partial charge is 0.383 e. The molecule has 0 unspecified atom stereocenters. The highest BCUT2D eigenvalue weighted by Crippen LogP contribution is 2.42. The molecule has 0 bridgehead atoms. The number of methoxy groups -OCH3 is 1. The van der Waals surface area contributed by atoms with Gasteiger partial charge in [0.25, 0.3) is 5.91 Å². The van der Waals surface area contributed by atoms with Gasteiger partial charge in [0, 0.05) is 46.0 Å². The van der Waals surface area contributed by atoms with E-state index in [2.05, 4.69) is 10.4 Å². The van der Waals surface area contributed by atoms with Crippen molar-refractivity contribution in [3.63, 3.8) is 0 Å². The Morgan fingerprint density at radius 1 is 1.54 bits per heavy atom. The van der Waals surface area contributed by atoms with Crippen LogP contribution in [0.5, 0.6) is 0 Å². The normalized spacial score (nSPS) is 26.2.